The summed E-state index contributed by atoms with van der Waals surface area (Å²) in [6.45, 7) is 1.94. The Hall–Kier alpha value is -2.41. The molecule has 5 nitrogen and oxygen atoms in total. The van der Waals surface area contributed by atoms with Gasteiger partial charge in [-0.15, -0.1) is 0 Å². The van der Waals surface area contributed by atoms with Crippen LogP contribution in [0, 0.1) is 5.82 Å². The Morgan fingerprint density at radius 1 is 1.04 bits per heavy atom. The number of halogens is 1. The quantitative estimate of drug-likeness (QED) is 0.777. The van der Waals surface area contributed by atoms with E-state index in [0.717, 1.165) is 37.7 Å². The van der Waals surface area contributed by atoms with Crippen LogP contribution in [0.15, 0.2) is 52.4 Å². The maximum Gasteiger partial charge on any atom is 0.226 e. The van der Waals surface area contributed by atoms with Crippen molar-refractivity contribution in [2.75, 3.05) is 18.0 Å². The van der Waals surface area contributed by atoms with Crippen LogP contribution in [-0.2, 0) is 9.84 Å². The van der Waals surface area contributed by atoms with E-state index in [-0.39, 0.29) is 9.92 Å². The van der Waals surface area contributed by atoms with Crippen molar-refractivity contribution in [3.63, 3.8) is 0 Å². The van der Waals surface area contributed by atoms with Gasteiger partial charge >= 0.3 is 0 Å². The molecule has 2 aromatic carbocycles. The van der Waals surface area contributed by atoms with Crippen LogP contribution < -0.4 is 4.90 Å². The SMILES string of the molecule is O=S(=O)(c1cccc(F)c1)c1n[nH]c2ccc(N3CCCCC3)cc12. The molecule has 0 atom stereocenters. The Bertz CT molecular complexity index is 1020. The lowest BCUT2D eigenvalue weighted by Gasteiger charge is -2.28. The number of nitrogens with zero attached hydrogens (tertiary/aromatic N) is 2. The maximum atomic E-state index is 13.5. The van der Waals surface area contributed by atoms with Crippen LogP contribution in [0.3, 0.4) is 0 Å². The first-order valence-electron chi connectivity index (χ1n) is 8.29. The van der Waals surface area contributed by atoms with E-state index in [1.807, 2.05) is 18.2 Å². The second-order valence-corrected chi connectivity index (χ2v) is 8.13. The number of H-pyrrole nitrogens is 1. The summed E-state index contributed by atoms with van der Waals surface area (Å²) in [5, 5.41) is 7.24. The number of hydrogen-bond acceptors (Lipinski definition) is 4. The van der Waals surface area contributed by atoms with Crippen LogP contribution in [0.5, 0.6) is 0 Å². The number of piperidine rings is 1. The number of nitrogens with one attached hydrogen (secondary N) is 1. The zero-order valence-electron chi connectivity index (χ0n) is 13.6. The van der Waals surface area contributed by atoms with Gasteiger partial charge in [-0.1, -0.05) is 6.07 Å². The molecule has 2 heterocycles. The normalized spacial score (nSPS) is 15.6. The van der Waals surface area contributed by atoms with E-state index in [0.29, 0.717) is 10.9 Å². The van der Waals surface area contributed by atoms with Gasteiger partial charge in [-0.05, 0) is 55.7 Å². The third kappa shape index (κ3) is 2.89. The number of aromatic nitrogens is 2. The van der Waals surface area contributed by atoms with E-state index in [9.17, 15) is 12.8 Å². The van der Waals surface area contributed by atoms with Gasteiger partial charge in [-0.2, -0.15) is 5.10 Å². The van der Waals surface area contributed by atoms with Gasteiger partial charge in [0.2, 0.25) is 9.84 Å². The summed E-state index contributed by atoms with van der Waals surface area (Å²) >= 11 is 0. The van der Waals surface area contributed by atoms with Crippen LogP contribution in [0.1, 0.15) is 19.3 Å². The molecule has 1 aliphatic heterocycles. The Kier molecular flexibility index (Phi) is 3.95. The van der Waals surface area contributed by atoms with Crippen LogP contribution in [0.4, 0.5) is 10.1 Å². The van der Waals surface area contributed by atoms with E-state index in [4.69, 9.17) is 0 Å². The van der Waals surface area contributed by atoms with Crippen molar-refractivity contribution in [1.82, 2.24) is 10.2 Å². The molecule has 3 aromatic rings. The summed E-state index contributed by atoms with van der Waals surface area (Å²) in [6, 6.07) is 10.7. The second kappa shape index (κ2) is 6.15. The molecule has 1 saturated heterocycles. The minimum atomic E-state index is -3.89. The molecule has 0 bridgehead atoms. The molecule has 0 saturated carbocycles. The summed E-state index contributed by atoms with van der Waals surface area (Å²) < 4.78 is 39.2. The van der Waals surface area contributed by atoms with Crippen molar-refractivity contribution in [1.29, 1.82) is 0 Å². The van der Waals surface area contributed by atoms with E-state index in [1.54, 1.807) is 0 Å². The smallest absolute Gasteiger partial charge is 0.226 e. The molecule has 0 aliphatic carbocycles. The van der Waals surface area contributed by atoms with Gasteiger partial charge in [0.1, 0.15) is 5.82 Å². The van der Waals surface area contributed by atoms with E-state index in [2.05, 4.69) is 15.1 Å². The fourth-order valence-corrected chi connectivity index (χ4v) is 4.65. The second-order valence-electron chi connectivity index (χ2n) is 6.27. The number of aromatic amines is 1. The monoisotopic (exact) mass is 359 g/mol. The summed E-state index contributed by atoms with van der Waals surface area (Å²) in [5.41, 5.74) is 1.64. The predicted octanol–water partition coefficient (Wildman–Crippen LogP) is 3.53. The van der Waals surface area contributed by atoms with Crippen molar-refractivity contribution in [2.24, 2.45) is 0 Å². The molecule has 0 unspecified atom stereocenters. The largest absolute Gasteiger partial charge is 0.372 e. The number of benzene rings is 2. The predicted molar refractivity (Wildman–Crippen MR) is 94.0 cm³/mol. The molecule has 0 radical (unpaired) electrons. The molecule has 1 aliphatic rings. The van der Waals surface area contributed by atoms with Gasteiger partial charge in [0.15, 0.2) is 5.03 Å². The first-order valence-corrected chi connectivity index (χ1v) is 9.78. The van der Waals surface area contributed by atoms with Crippen molar-refractivity contribution in [3.8, 4) is 0 Å². The highest BCUT2D eigenvalue weighted by atomic mass is 32.2. The summed E-state index contributed by atoms with van der Waals surface area (Å²) in [6.07, 6.45) is 3.50. The van der Waals surface area contributed by atoms with Gasteiger partial charge in [0.25, 0.3) is 0 Å². The van der Waals surface area contributed by atoms with Crippen LogP contribution in [-0.4, -0.2) is 31.7 Å². The number of anilines is 1. The van der Waals surface area contributed by atoms with Gasteiger partial charge in [0.05, 0.1) is 10.4 Å². The molecule has 0 spiro atoms. The molecular formula is C18H18FN3O2S. The van der Waals surface area contributed by atoms with Gasteiger partial charge in [0, 0.05) is 24.2 Å². The van der Waals surface area contributed by atoms with Gasteiger partial charge in [-0.3, -0.25) is 5.10 Å². The highest BCUT2D eigenvalue weighted by Gasteiger charge is 2.25. The van der Waals surface area contributed by atoms with Crippen molar-refractivity contribution in [3.05, 3.63) is 48.3 Å². The molecule has 0 amide bonds. The highest BCUT2D eigenvalue weighted by molar-refractivity contribution is 7.91. The van der Waals surface area contributed by atoms with Gasteiger partial charge in [-0.25, -0.2) is 12.8 Å². The topological polar surface area (TPSA) is 66.1 Å². The number of rotatable bonds is 3. The summed E-state index contributed by atoms with van der Waals surface area (Å²) in [5.74, 6) is -0.588. The molecule has 1 fully saturated rings. The first-order chi connectivity index (χ1) is 12.1. The fraction of sp³-hybridized carbons (Fsp3) is 0.278. The minimum absolute atomic E-state index is 0.0630. The standard InChI is InChI=1S/C18H18FN3O2S/c19-13-5-4-6-15(11-13)25(23,24)18-16-12-14(7-8-17(16)20-21-18)22-9-2-1-3-10-22/h4-8,11-12H,1-3,9-10H2,(H,20,21). The maximum absolute atomic E-state index is 13.5. The summed E-state index contributed by atoms with van der Waals surface area (Å²) in [4.78, 5) is 2.17. The average Bonchev–Trinajstić information content (AvgIpc) is 3.06. The van der Waals surface area contributed by atoms with Crippen molar-refractivity contribution >= 4 is 26.4 Å². The lowest BCUT2D eigenvalue weighted by atomic mass is 10.1. The lowest BCUT2D eigenvalue weighted by molar-refractivity contribution is 0.578. The molecule has 4 rings (SSSR count). The van der Waals surface area contributed by atoms with Crippen LogP contribution in [0.2, 0.25) is 0 Å². The van der Waals surface area contributed by atoms with Gasteiger partial charge < -0.3 is 4.90 Å². The van der Waals surface area contributed by atoms with E-state index < -0.39 is 15.7 Å². The van der Waals surface area contributed by atoms with Crippen LogP contribution >= 0.6 is 0 Å². The average molecular weight is 359 g/mol. The van der Waals surface area contributed by atoms with E-state index in [1.165, 1.54) is 24.6 Å². The lowest BCUT2D eigenvalue weighted by Crippen LogP contribution is -2.29. The Labute approximate surface area is 145 Å². The Balaban J connectivity index is 1.82. The zero-order valence-corrected chi connectivity index (χ0v) is 14.4. The summed E-state index contributed by atoms with van der Waals surface area (Å²) in [7, 11) is -3.89. The number of hydrogen-bond donors (Lipinski definition) is 1. The fourth-order valence-electron chi connectivity index (χ4n) is 3.28. The molecule has 25 heavy (non-hydrogen) atoms. The third-order valence-electron chi connectivity index (χ3n) is 4.59. The zero-order chi connectivity index (χ0) is 17.4. The Morgan fingerprint density at radius 2 is 1.84 bits per heavy atom. The molecule has 7 heteroatoms. The van der Waals surface area contributed by atoms with Crippen LogP contribution in [0.25, 0.3) is 10.9 Å². The molecule has 1 N–H and O–H groups in total. The van der Waals surface area contributed by atoms with Crippen molar-refractivity contribution in [2.45, 2.75) is 29.2 Å². The van der Waals surface area contributed by atoms with E-state index >= 15 is 0 Å². The first kappa shape index (κ1) is 16.1. The minimum Gasteiger partial charge on any atom is -0.372 e. The number of fused-ring (bicyclic) bond motifs is 1. The molecule has 1 aromatic heterocycles. The molecular weight excluding hydrogens is 341 g/mol. The third-order valence-corrected chi connectivity index (χ3v) is 6.29. The Morgan fingerprint density at radius 3 is 2.60 bits per heavy atom. The van der Waals surface area contributed by atoms with Crippen molar-refractivity contribution < 1.29 is 12.8 Å². The molecule has 130 valence electrons. The highest BCUT2D eigenvalue weighted by Crippen LogP contribution is 2.30. The number of sulfone groups is 1.